The monoisotopic (exact) mass is 358 g/mol. The first-order valence-corrected chi connectivity index (χ1v) is 8.95. The summed E-state index contributed by atoms with van der Waals surface area (Å²) < 4.78 is 5.48. The van der Waals surface area contributed by atoms with Crippen molar-refractivity contribution in [2.24, 2.45) is 5.16 Å². The number of nitrogens with zero attached hydrogens (tertiary/aromatic N) is 3. The zero-order valence-corrected chi connectivity index (χ0v) is 14.7. The predicted octanol–water partition coefficient (Wildman–Crippen LogP) is 1.25. The summed E-state index contributed by atoms with van der Waals surface area (Å²) in [6.07, 6.45) is 4.11. The van der Waals surface area contributed by atoms with Gasteiger partial charge in [-0.2, -0.15) is 0 Å². The predicted molar refractivity (Wildman–Crippen MR) is 93.6 cm³/mol. The molecule has 3 aliphatic rings. The summed E-state index contributed by atoms with van der Waals surface area (Å²) in [5, 5.41) is 6.83. The summed E-state index contributed by atoms with van der Waals surface area (Å²) in [6, 6.07) is 3.56. The Labute approximate surface area is 151 Å². The number of nitrogens with one attached hydrogen (secondary N) is 1. The molecule has 1 spiro atoms. The van der Waals surface area contributed by atoms with Crippen LogP contribution in [0.3, 0.4) is 0 Å². The Bertz CT molecular complexity index is 759. The molecule has 4 heterocycles. The molecule has 1 aromatic rings. The number of ether oxygens (including phenoxy) is 1. The van der Waals surface area contributed by atoms with Gasteiger partial charge < -0.3 is 19.8 Å². The van der Waals surface area contributed by atoms with Crippen LogP contribution in [0.5, 0.6) is 0 Å². The molecule has 2 fully saturated rings. The molecule has 1 unspecified atom stereocenters. The van der Waals surface area contributed by atoms with Gasteiger partial charge in [0.15, 0.2) is 5.60 Å². The fourth-order valence-electron chi connectivity index (χ4n) is 3.68. The number of hydrogen-bond donors (Lipinski definition) is 1. The highest BCUT2D eigenvalue weighted by atomic mass is 16.7. The number of aryl methyl sites for hydroxylation is 1. The third kappa shape index (κ3) is 3.16. The highest BCUT2D eigenvalue weighted by Gasteiger charge is 2.49. The summed E-state index contributed by atoms with van der Waals surface area (Å²) in [6.45, 7) is 3.52. The van der Waals surface area contributed by atoms with Crippen molar-refractivity contribution < 1.29 is 19.2 Å². The van der Waals surface area contributed by atoms with Crippen LogP contribution < -0.4 is 5.32 Å². The van der Waals surface area contributed by atoms with Crippen molar-refractivity contribution >= 4 is 23.2 Å². The third-order valence-corrected chi connectivity index (χ3v) is 5.19. The Hall–Kier alpha value is -2.48. The molecule has 2 amide bonds. The molecule has 1 aromatic heterocycles. The van der Waals surface area contributed by atoms with E-state index >= 15 is 0 Å². The number of carbonyl (C=O) groups is 2. The van der Waals surface area contributed by atoms with Crippen molar-refractivity contribution in [1.29, 1.82) is 0 Å². The quantitative estimate of drug-likeness (QED) is 0.878. The molecule has 8 heteroatoms. The van der Waals surface area contributed by atoms with E-state index in [-0.39, 0.29) is 17.9 Å². The minimum atomic E-state index is -0.592. The number of amides is 2. The van der Waals surface area contributed by atoms with E-state index in [4.69, 9.17) is 9.57 Å². The van der Waals surface area contributed by atoms with E-state index in [0.717, 1.165) is 18.5 Å². The smallest absolute Gasteiger partial charge is 0.273 e. The molecule has 4 rings (SSSR count). The number of rotatable bonds is 3. The van der Waals surface area contributed by atoms with Gasteiger partial charge in [0.2, 0.25) is 0 Å². The zero-order chi connectivity index (χ0) is 18.1. The van der Waals surface area contributed by atoms with Gasteiger partial charge in [0, 0.05) is 32.2 Å². The van der Waals surface area contributed by atoms with Gasteiger partial charge in [-0.1, -0.05) is 5.16 Å². The number of oxime groups is 1. The first kappa shape index (κ1) is 17.0. The van der Waals surface area contributed by atoms with Gasteiger partial charge in [-0.3, -0.25) is 14.6 Å². The van der Waals surface area contributed by atoms with E-state index < -0.39 is 5.60 Å². The van der Waals surface area contributed by atoms with Gasteiger partial charge >= 0.3 is 0 Å². The lowest BCUT2D eigenvalue weighted by atomic mass is 9.96. The lowest BCUT2D eigenvalue weighted by molar-refractivity contribution is -0.141. The minimum Gasteiger partial charge on any atom is -0.386 e. The second kappa shape index (κ2) is 6.68. The molecule has 26 heavy (non-hydrogen) atoms. The van der Waals surface area contributed by atoms with Gasteiger partial charge in [0.1, 0.15) is 11.8 Å². The van der Waals surface area contributed by atoms with Crippen LogP contribution in [0.25, 0.3) is 0 Å². The number of carbonyl (C=O) groups excluding carboxylic acids is 2. The average molecular weight is 358 g/mol. The third-order valence-electron chi connectivity index (χ3n) is 5.19. The average Bonchev–Trinajstić information content (AvgIpc) is 3.38. The van der Waals surface area contributed by atoms with Crippen molar-refractivity contribution in [1.82, 2.24) is 9.88 Å². The summed E-state index contributed by atoms with van der Waals surface area (Å²) in [7, 11) is 0. The zero-order valence-electron chi connectivity index (χ0n) is 14.7. The Morgan fingerprint density at radius 2 is 2.31 bits per heavy atom. The van der Waals surface area contributed by atoms with E-state index in [0.29, 0.717) is 43.9 Å². The second-order valence-corrected chi connectivity index (χ2v) is 7.09. The van der Waals surface area contributed by atoms with Gasteiger partial charge in [-0.05, 0) is 31.9 Å². The molecule has 3 aliphatic heterocycles. The lowest BCUT2D eigenvalue weighted by Gasteiger charge is -2.23. The van der Waals surface area contributed by atoms with Crippen LogP contribution in [0, 0.1) is 6.92 Å². The van der Waals surface area contributed by atoms with Crippen molar-refractivity contribution in [2.75, 3.05) is 25.0 Å². The van der Waals surface area contributed by atoms with E-state index in [2.05, 4.69) is 15.5 Å². The molecule has 0 saturated carbocycles. The summed E-state index contributed by atoms with van der Waals surface area (Å²) in [5.41, 5.74) is 1.15. The molecule has 0 aromatic carbocycles. The SMILES string of the molecule is Cc1ncccc1NC(=O)C1=NOC2(CCN(C(=O)[C@H]3CCCO3)C2)C1. The molecular formula is C18H22N4O4. The van der Waals surface area contributed by atoms with Crippen LogP contribution >= 0.6 is 0 Å². The van der Waals surface area contributed by atoms with Gasteiger partial charge in [0.05, 0.1) is 17.9 Å². The fraction of sp³-hybridized carbons (Fsp3) is 0.556. The maximum Gasteiger partial charge on any atom is 0.273 e. The van der Waals surface area contributed by atoms with Gasteiger partial charge in [-0.25, -0.2) is 0 Å². The Kier molecular flexibility index (Phi) is 4.36. The van der Waals surface area contributed by atoms with E-state index in [1.807, 2.05) is 6.92 Å². The van der Waals surface area contributed by atoms with Crippen molar-refractivity contribution in [3.8, 4) is 0 Å². The molecule has 138 valence electrons. The first-order chi connectivity index (χ1) is 12.6. The first-order valence-electron chi connectivity index (χ1n) is 8.95. The Morgan fingerprint density at radius 3 is 3.08 bits per heavy atom. The second-order valence-electron chi connectivity index (χ2n) is 7.09. The highest BCUT2D eigenvalue weighted by molar-refractivity contribution is 6.43. The summed E-state index contributed by atoms with van der Waals surface area (Å²) >= 11 is 0. The molecule has 0 radical (unpaired) electrons. The Morgan fingerprint density at radius 1 is 1.42 bits per heavy atom. The van der Waals surface area contributed by atoms with Gasteiger partial charge in [-0.15, -0.1) is 0 Å². The molecule has 2 saturated heterocycles. The van der Waals surface area contributed by atoms with Crippen molar-refractivity contribution in [3.05, 3.63) is 24.0 Å². The van der Waals surface area contributed by atoms with Crippen LogP contribution in [0.1, 0.15) is 31.4 Å². The van der Waals surface area contributed by atoms with Crippen LogP contribution in [0.4, 0.5) is 5.69 Å². The number of likely N-dealkylation sites (tertiary alicyclic amines) is 1. The van der Waals surface area contributed by atoms with E-state index in [9.17, 15) is 9.59 Å². The number of aromatic nitrogens is 1. The van der Waals surface area contributed by atoms with Gasteiger partial charge in [0.25, 0.3) is 11.8 Å². The maximum absolute atomic E-state index is 12.5. The molecule has 0 aliphatic carbocycles. The number of pyridine rings is 1. The standard InChI is InChI=1S/C18H22N4O4/c1-12-13(4-2-7-19-12)20-16(23)14-10-18(26-21-14)6-8-22(11-18)17(24)15-5-3-9-25-15/h2,4,7,15H,3,5-6,8-11H2,1H3,(H,20,23)/t15-,18?/m1/s1. The molecular weight excluding hydrogens is 336 g/mol. The maximum atomic E-state index is 12.5. The highest BCUT2D eigenvalue weighted by Crippen LogP contribution is 2.35. The van der Waals surface area contributed by atoms with Crippen LogP contribution in [-0.2, 0) is 19.2 Å². The summed E-state index contributed by atoms with van der Waals surface area (Å²) in [5.74, 6) is -0.270. The number of hydrogen-bond acceptors (Lipinski definition) is 6. The molecule has 8 nitrogen and oxygen atoms in total. The van der Waals surface area contributed by atoms with Crippen LogP contribution in [-0.4, -0.2) is 58.8 Å². The fourth-order valence-corrected chi connectivity index (χ4v) is 3.68. The molecule has 2 atom stereocenters. The topological polar surface area (TPSA) is 93.1 Å². The molecule has 0 bridgehead atoms. The van der Waals surface area contributed by atoms with Crippen LogP contribution in [0.2, 0.25) is 0 Å². The van der Waals surface area contributed by atoms with Crippen LogP contribution in [0.15, 0.2) is 23.5 Å². The Balaban J connectivity index is 1.36. The number of anilines is 1. The lowest BCUT2D eigenvalue weighted by Crippen LogP contribution is -2.41. The van der Waals surface area contributed by atoms with Crippen molar-refractivity contribution in [3.63, 3.8) is 0 Å². The largest absolute Gasteiger partial charge is 0.386 e. The van der Waals surface area contributed by atoms with E-state index in [1.165, 1.54) is 0 Å². The normalized spacial score (nSPS) is 27.5. The van der Waals surface area contributed by atoms with E-state index in [1.54, 1.807) is 23.2 Å². The molecule has 1 N–H and O–H groups in total. The van der Waals surface area contributed by atoms with Crippen molar-refractivity contribution in [2.45, 2.75) is 44.3 Å². The minimum absolute atomic E-state index is 0.0202. The summed E-state index contributed by atoms with van der Waals surface area (Å²) in [4.78, 5) is 36.5.